The Bertz CT molecular complexity index is 764. The molecule has 0 aliphatic heterocycles. The molecule has 0 aromatic heterocycles. The van der Waals surface area contributed by atoms with E-state index in [-0.39, 0.29) is 18.8 Å². The molecule has 10 nitrogen and oxygen atoms in total. The summed E-state index contributed by atoms with van der Waals surface area (Å²) in [5.41, 5.74) is 17.2. The highest BCUT2D eigenvalue weighted by Gasteiger charge is 2.39. The molecule has 252 valence electrons. The minimum atomic E-state index is -1.31. The Labute approximate surface area is 261 Å². The molecular weight excluding hydrogens is 546 g/mol. The maximum absolute atomic E-state index is 13.8. The molecule has 0 fully saturated rings. The van der Waals surface area contributed by atoms with Gasteiger partial charge in [0.1, 0.15) is 12.1 Å². The van der Waals surface area contributed by atoms with Gasteiger partial charge in [-0.05, 0) is 57.5 Å². The third kappa shape index (κ3) is 19.1. The van der Waals surface area contributed by atoms with Gasteiger partial charge in [-0.15, -0.1) is 0 Å². The molecule has 0 rings (SSSR count). The Morgan fingerprint density at radius 1 is 0.698 bits per heavy atom. The van der Waals surface area contributed by atoms with Crippen LogP contribution in [0.15, 0.2) is 0 Å². The number of carbonyl (C=O) groups excluding carboxylic acids is 3. The fourth-order valence-corrected chi connectivity index (χ4v) is 5.27. The number of nitrogens with one attached hydrogen (secondary N) is 1. The predicted octanol–water partition coefficient (Wildman–Crippen LogP) is 5.00. The number of unbranched alkanes of at least 4 members (excludes halogenated alkanes) is 14. The van der Waals surface area contributed by atoms with Crippen LogP contribution in [0.3, 0.4) is 0 Å². The number of rotatable bonds is 28. The zero-order valence-corrected chi connectivity index (χ0v) is 27.6. The summed E-state index contributed by atoms with van der Waals surface area (Å²) < 4.78 is 0. The number of hydrogen-bond donors (Lipinski definition) is 5. The highest BCUT2D eigenvalue weighted by molar-refractivity contribution is 6.02. The summed E-state index contributed by atoms with van der Waals surface area (Å²) in [6.07, 6.45) is 18.2. The van der Waals surface area contributed by atoms with E-state index in [0.29, 0.717) is 45.2 Å². The summed E-state index contributed by atoms with van der Waals surface area (Å²) in [4.78, 5) is 53.3. The maximum atomic E-state index is 13.8. The molecule has 0 aliphatic rings. The zero-order valence-electron chi connectivity index (χ0n) is 27.6. The molecule has 0 radical (unpaired) electrons. The number of hydrogen-bond acceptors (Lipinski definition) is 7. The van der Waals surface area contributed by atoms with Crippen LogP contribution in [0.5, 0.6) is 0 Å². The van der Waals surface area contributed by atoms with Crippen LogP contribution in [0.1, 0.15) is 149 Å². The molecule has 0 heterocycles. The smallest absolute Gasteiger partial charge is 0.326 e. The topological polar surface area (TPSA) is 182 Å². The van der Waals surface area contributed by atoms with Gasteiger partial charge in [0.15, 0.2) is 0 Å². The third-order valence-corrected chi connectivity index (χ3v) is 8.07. The lowest BCUT2D eigenvalue weighted by Crippen LogP contribution is -2.59. The molecule has 3 amide bonds. The zero-order chi connectivity index (χ0) is 32.5. The van der Waals surface area contributed by atoms with E-state index in [4.69, 9.17) is 17.2 Å². The predicted molar refractivity (Wildman–Crippen MR) is 174 cm³/mol. The number of nitrogens with zero attached hydrogens (tertiary/aromatic N) is 1. The van der Waals surface area contributed by atoms with Gasteiger partial charge in [0.2, 0.25) is 11.8 Å². The average Bonchev–Trinajstić information content (AvgIpc) is 2.97. The summed E-state index contributed by atoms with van der Waals surface area (Å²) in [6.45, 7) is 6.63. The Kier molecular flexibility index (Phi) is 25.1. The van der Waals surface area contributed by atoms with Crippen molar-refractivity contribution in [3.05, 3.63) is 0 Å². The molecular formula is C33H65N5O5. The van der Waals surface area contributed by atoms with E-state index < -0.39 is 41.8 Å². The molecule has 43 heavy (non-hydrogen) atoms. The minimum absolute atomic E-state index is 0.0849. The van der Waals surface area contributed by atoms with E-state index in [0.717, 1.165) is 30.6 Å². The monoisotopic (exact) mass is 611 g/mol. The highest BCUT2D eigenvalue weighted by Crippen LogP contribution is 2.19. The molecule has 0 saturated carbocycles. The van der Waals surface area contributed by atoms with Crippen LogP contribution in [0.25, 0.3) is 0 Å². The molecule has 10 heteroatoms. The standard InChI is InChI=1S/C33H65N5O5/c1-4-5-6-7-8-9-10-11-12-13-14-15-16-23-29(39)38(28(33(42)43)22-18-20-25-35)32(41)30(26(2)3)37-31(40)27(36)21-17-19-24-34/h26-28,30H,4-25,34-36H2,1-3H3,(H,37,40)(H,42,43). The average molecular weight is 612 g/mol. The number of aliphatic carboxylic acids is 1. The molecule has 3 atom stereocenters. The molecule has 0 bridgehead atoms. The number of nitrogens with two attached hydrogens (primary N) is 3. The summed E-state index contributed by atoms with van der Waals surface area (Å²) in [5, 5.41) is 12.7. The molecule has 0 aromatic rings. The van der Waals surface area contributed by atoms with Crippen LogP contribution in [0.4, 0.5) is 0 Å². The first-order valence-corrected chi connectivity index (χ1v) is 17.2. The van der Waals surface area contributed by atoms with Gasteiger partial charge in [-0.3, -0.25) is 19.3 Å². The van der Waals surface area contributed by atoms with E-state index in [9.17, 15) is 24.3 Å². The Morgan fingerprint density at radius 2 is 1.16 bits per heavy atom. The Balaban J connectivity index is 5.17. The summed E-state index contributed by atoms with van der Waals surface area (Å²) in [7, 11) is 0. The van der Waals surface area contributed by atoms with Gasteiger partial charge in [-0.2, -0.15) is 0 Å². The lowest BCUT2D eigenvalue weighted by atomic mass is 9.98. The van der Waals surface area contributed by atoms with Crippen LogP contribution in [0, 0.1) is 5.92 Å². The van der Waals surface area contributed by atoms with Gasteiger partial charge >= 0.3 is 5.97 Å². The van der Waals surface area contributed by atoms with Crippen molar-refractivity contribution in [1.29, 1.82) is 0 Å². The summed E-state index contributed by atoms with van der Waals surface area (Å²) >= 11 is 0. The lowest BCUT2D eigenvalue weighted by molar-refractivity contribution is -0.160. The Morgan fingerprint density at radius 3 is 1.60 bits per heavy atom. The van der Waals surface area contributed by atoms with Crippen molar-refractivity contribution >= 4 is 23.7 Å². The highest BCUT2D eigenvalue weighted by atomic mass is 16.4. The number of carboxylic acids is 1. The first-order chi connectivity index (χ1) is 20.6. The second kappa shape index (κ2) is 26.4. The molecule has 0 aliphatic carbocycles. The van der Waals surface area contributed by atoms with Gasteiger partial charge < -0.3 is 27.6 Å². The van der Waals surface area contributed by atoms with Crippen LogP contribution in [0.2, 0.25) is 0 Å². The summed E-state index contributed by atoms with van der Waals surface area (Å²) in [6, 6.07) is -3.21. The van der Waals surface area contributed by atoms with E-state index in [1.54, 1.807) is 13.8 Å². The van der Waals surface area contributed by atoms with Crippen LogP contribution in [-0.2, 0) is 19.2 Å². The number of carboxylic acid groups (broad SMARTS) is 1. The SMILES string of the molecule is CCCCCCCCCCCCCCCC(=O)N(C(=O)C(NC(=O)C(N)CCCCN)C(C)C)C(CCCCN)C(=O)O. The van der Waals surface area contributed by atoms with Crippen molar-refractivity contribution in [2.75, 3.05) is 13.1 Å². The normalized spacial score (nSPS) is 13.5. The number of amides is 3. The van der Waals surface area contributed by atoms with Crippen LogP contribution >= 0.6 is 0 Å². The van der Waals surface area contributed by atoms with E-state index in [1.807, 2.05) is 0 Å². The molecule has 8 N–H and O–H groups in total. The first-order valence-electron chi connectivity index (χ1n) is 17.2. The van der Waals surface area contributed by atoms with Crippen molar-refractivity contribution in [2.24, 2.45) is 23.1 Å². The maximum Gasteiger partial charge on any atom is 0.326 e. The second-order valence-electron chi connectivity index (χ2n) is 12.4. The first kappa shape index (κ1) is 41.0. The van der Waals surface area contributed by atoms with Crippen molar-refractivity contribution in [3.8, 4) is 0 Å². The van der Waals surface area contributed by atoms with Gasteiger partial charge in [0.25, 0.3) is 5.91 Å². The second-order valence-corrected chi connectivity index (χ2v) is 12.4. The number of imide groups is 1. The number of carbonyl (C=O) groups is 4. The van der Waals surface area contributed by atoms with Gasteiger partial charge in [0.05, 0.1) is 6.04 Å². The van der Waals surface area contributed by atoms with Crippen LogP contribution < -0.4 is 22.5 Å². The van der Waals surface area contributed by atoms with Gasteiger partial charge in [-0.25, -0.2) is 4.79 Å². The van der Waals surface area contributed by atoms with E-state index in [2.05, 4.69) is 12.2 Å². The molecule has 0 saturated heterocycles. The van der Waals surface area contributed by atoms with Crippen molar-refractivity contribution in [1.82, 2.24) is 10.2 Å². The van der Waals surface area contributed by atoms with Crippen molar-refractivity contribution in [3.63, 3.8) is 0 Å². The Hall–Kier alpha value is -2.04. The fraction of sp³-hybridized carbons (Fsp3) is 0.879. The van der Waals surface area contributed by atoms with Crippen molar-refractivity contribution in [2.45, 2.75) is 167 Å². The molecule has 0 spiro atoms. The quantitative estimate of drug-likeness (QED) is 0.0766. The summed E-state index contributed by atoms with van der Waals surface area (Å²) in [5.74, 6) is -3.32. The van der Waals surface area contributed by atoms with Gasteiger partial charge in [0, 0.05) is 6.42 Å². The fourth-order valence-electron chi connectivity index (χ4n) is 5.27. The van der Waals surface area contributed by atoms with E-state index in [1.165, 1.54) is 57.8 Å². The van der Waals surface area contributed by atoms with Gasteiger partial charge in [-0.1, -0.05) is 104 Å². The lowest BCUT2D eigenvalue weighted by Gasteiger charge is -2.33. The largest absolute Gasteiger partial charge is 0.480 e. The molecule has 0 aromatic carbocycles. The van der Waals surface area contributed by atoms with Crippen molar-refractivity contribution < 1.29 is 24.3 Å². The minimum Gasteiger partial charge on any atom is -0.480 e. The molecule has 3 unspecified atom stereocenters. The van der Waals surface area contributed by atoms with Crippen LogP contribution in [-0.4, -0.2) is 64.9 Å². The van der Waals surface area contributed by atoms with E-state index >= 15 is 0 Å². The third-order valence-electron chi connectivity index (χ3n) is 8.07.